The van der Waals surface area contributed by atoms with Gasteiger partial charge in [-0.2, -0.15) is 0 Å². The molecule has 1 N–H and O–H groups in total. The van der Waals surface area contributed by atoms with E-state index in [9.17, 15) is 9.90 Å². The van der Waals surface area contributed by atoms with Crippen LogP contribution in [0.15, 0.2) is 4.42 Å². The van der Waals surface area contributed by atoms with Crippen LogP contribution in [0.5, 0.6) is 11.5 Å². The first kappa shape index (κ1) is 28.6. The summed E-state index contributed by atoms with van der Waals surface area (Å²) in [7, 11) is 0. The molecule has 0 saturated heterocycles. The van der Waals surface area contributed by atoms with Crippen molar-refractivity contribution in [1.29, 1.82) is 0 Å². The summed E-state index contributed by atoms with van der Waals surface area (Å²) in [6, 6.07) is 0. The molecule has 1 heterocycles. The van der Waals surface area contributed by atoms with E-state index in [4.69, 9.17) is 9.15 Å². The average molecular weight is 451 g/mol. The molecule has 0 fully saturated rings. The maximum Gasteiger partial charge on any atom is 0.311 e. The number of hydrogen-bond donors (Lipinski definition) is 1. The van der Waals surface area contributed by atoms with E-state index in [-0.39, 0.29) is 17.5 Å². The molecule has 0 spiro atoms. The molecule has 32 heavy (non-hydrogen) atoms. The van der Waals surface area contributed by atoms with Crippen LogP contribution in [0.1, 0.15) is 147 Å². The molecule has 0 atom stereocenters. The van der Waals surface area contributed by atoms with Crippen molar-refractivity contribution in [3.8, 4) is 11.5 Å². The standard InChI is InChI=1S/C28H50O4/c1-4-6-7-8-9-10-11-12-13-14-15-16-17-18-19-20-21-22-23-26(29)32-28-24(3)31-25(5-2)27(28)30/h30H,4-23H2,1-3H3. The highest BCUT2D eigenvalue weighted by Crippen LogP contribution is 2.37. The Morgan fingerprint density at radius 3 is 1.50 bits per heavy atom. The van der Waals surface area contributed by atoms with Gasteiger partial charge in [0, 0.05) is 12.8 Å². The van der Waals surface area contributed by atoms with E-state index in [2.05, 4.69) is 6.92 Å². The third-order valence-corrected chi connectivity index (χ3v) is 6.35. The molecule has 4 heteroatoms. The molecular formula is C28H50O4. The van der Waals surface area contributed by atoms with Gasteiger partial charge in [0.2, 0.25) is 11.5 Å². The van der Waals surface area contributed by atoms with E-state index < -0.39 is 0 Å². The van der Waals surface area contributed by atoms with E-state index in [1.54, 1.807) is 6.92 Å². The SMILES string of the molecule is CCCCCCCCCCCCCCCCCCCCC(=O)Oc1c(C)oc(CC)c1O. The molecule has 0 aliphatic heterocycles. The number of furan rings is 1. The first-order valence-corrected chi connectivity index (χ1v) is 13.6. The Kier molecular flexibility index (Phi) is 17.0. The first-order valence-electron chi connectivity index (χ1n) is 13.6. The number of unbranched alkanes of at least 4 members (excludes halogenated alkanes) is 17. The van der Waals surface area contributed by atoms with Crippen molar-refractivity contribution in [2.45, 2.75) is 149 Å². The molecule has 1 aromatic heterocycles. The quantitative estimate of drug-likeness (QED) is 0.150. The third kappa shape index (κ3) is 13.2. The molecule has 0 aromatic carbocycles. The van der Waals surface area contributed by atoms with Crippen LogP contribution in [0.25, 0.3) is 0 Å². The maximum absolute atomic E-state index is 12.0. The van der Waals surface area contributed by atoms with Gasteiger partial charge in [-0.25, -0.2) is 0 Å². The third-order valence-electron chi connectivity index (χ3n) is 6.35. The molecule has 0 aliphatic carbocycles. The van der Waals surface area contributed by atoms with Crippen molar-refractivity contribution in [1.82, 2.24) is 0 Å². The highest BCUT2D eigenvalue weighted by molar-refractivity contribution is 5.73. The molecule has 0 bridgehead atoms. The molecule has 1 aromatic rings. The summed E-state index contributed by atoms with van der Waals surface area (Å²) in [5, 5.41) is 10.0. The van der Waals surface area contributed by atoms with Gasteiger partial charge in [-0.15, -0.1) is 0 Å². The topological polar surface area (TPSA) is 59.7 Å². The van der Waals surface area contributed by atoms with Crippen LogP contribution >= 0.6 is 0 Å². The number of ether oxygens (including phenoxy) is 1. The van der Waals surface area contributed by atoms with Crippen LogP contribution in [0.2, 0.25) is 0 Å². The van der Waals surface area contributed by atoms with Crippen LogP contribution in [0, 0.1) is 6.92 Å². The maximum atomic E-state index is 12.0. The second-order valence-electron chi connectivity index (χ2n) is 9.35. The van der Waals surface area contributed by atoms with Gasteiger partial charge in [0.05, 0.1) is 0 Å². The zero-order valence-corrected chi connectivity index (χ0v) is 21.3. The van der Waals surface area contributed by atoms with Gasteiger partial charge in [0.15, 0.2) is 0 Å². The first-order chi connectivity index (χ1) is 15.6. The van der Waals surface area contributed by atoms with Gasteiger partial charge in [0.1, 0.15) is 11.5 Å². The normalized spacial score (nSPS) is 11.2. The average Bonchev–Trinajstić information content (AvgIpc) is 3.05. The van der Waals surface area contributed by atoms with Gasteiger partial charge in [0.25, 0.3) is 0 Å². The number of esters is 1. The van der Waals surface area contributed by atoms with Crippen LogP contribution < -0.4 is 4.74 Å². The van der Waals surface area contributed by atoms with Gasteiger partial charge in [-0.05, 0) is 13.3 Å². The van der Waals surface area contributed by atoms with Crippen molar-refractivity contribution in [3.63, 3.8) is 0 Å². The van der Waals surface area contributed by atoms with Crippen molar-refractivity contribution in [2.24, 2.45) is 0 Å². The molecule has 0 amide bonds. The van der Waals surface area contributed by atoms with Gasteiger partial charge < -0.3 is 14.3 Å². The lowest BCUT2D eigenvalue weighted by atomic mass is 10.0. The predicted octanol–water partition coefficient (Wildman–Crippen LogP) is 9.19. The molecular weight excluding hydrogens is 400 g/mol. The molecule has 0 saturated carbocycles. The van der Waals surface area contributed by atoms with E-state index in [0.29, 0.717) is 24.4 Å². The van der Waals surface area contributed by atoms with Gasteiger partial charge >= 0.3 is 5.97 Å². The Bertz CT molecular complexity index is 590. The fraction of sp³-hybridized carbons (Fsp3) is 0.821. The minimum Gasteiger partial charge on any atom is -0.502 e. The van der Waals surface area contributed by atoms with Crippen LogP contribution in [-0.2, 0) is 11.2 Å². The Balaban J connectivity index is 1.85. The molecule has 0 unspecified atom stereocenters. The van der Waals surface area contributed by atoms with Crippen molar-refractivity contribution in [3.05, 3.63) is 11.5 Å². The van der Waals surface area contributed by atoms with Crippen molar-refractivity contribution < 1.29 is 19.1 Å². The van der Waals surface area contributed by atoms with E-state index >= 15 is 0 Å². The predicted molar refractivity (Wildman–Crippen MR) is 134 cm³/mol. The fourth-order valence-electron chi connectivity index (χ4n) is 4.27. The lowest BCUT2D eigenvalue weighted by Gasteiger charge is -2.05. The number of hydrogen-bond acceptors (Lipinski definition) is 4. The summed E-state index contributed by atoms with van der Waals surface area (Å²) in [5.74, 6) is 0.803. The number of carbonyl (C=O) groups is 1. The number of aromatic hydroxyl groups is 1. The van der Waals surface area contributed by atoms with E-state index in [1.165, 1.54) is 103 Å². The van der Waals surface area contributed by atoms with Crippen LogP contribution in [-0.4, -0.2) is 11.1 Å². The minimum absolute atomic E-state index is 0.0313. The van der Waals surface area contributed by atoms with Gasteiger partial charge in [-0.1, -0.05) is 123 Å². The Labute approximate surface area is 197 Å². The van der Waals surface area contributed by atoms with Crippen LogP contribution in [0.4, 0.5) is 0 Å². The molecule has 0 radical (unpaired) electrons. The zero-order valence-electron chi connectivity index (χ0n) is 21.3. The summed E-state index contributed by atoms with van der Waals surface area (Å²) in [6.45, 7) is 5.88. The summed E-state index contributed by atoms with van der Waals surface area (Å²) >= 11 is 0. The minimum atomic E-state index is -0.289. The monoisotopic (exact) mass is 450 g/mol. The summed E-state index contributed by atoms with van der Waals surface area (Å²) in [5.41, 5.74) is 0. The summed E-state index contributed by atoms with van der Waals surface area (Å²) < 4.78 is 10.7. The number of rotatable bonds is 21. The van der Waals surface area contributed by atoms with Crippen LogP contribution in [0.3, 0.4) is 0 Å². The van der Waals surface area contributed by atoms with Crippen molar-refractivity contribution in [2.75, 3.05) is 0 Å². The Morgan fingerprint density at radius 2 is 1.12 bits per heavy atom. The fourth-order valence-corrected chi connectivity index (χ4v) is 4.27. The zero-order chi connectivity index (χ0) is 23.4. The Morgan fingerprint density at radius 1 is 0.719 bits per heavy atom. The Hall–Kier alpha value is -1.45. The molecule has 4 nitrogen and oxygen atoms in total. The number of aryl methyl sites for hydroxylation is 2. The lowest BCUT2D eigenvalue weighted by molar-refractivity contribution is -0.134. The molecule has 0 aliphatic rings. The van der Waals surface area contributed by atoms with E-state index in [0.717, 1.165) is 12.8 Å². The lowest BCUT2D eigenvalue weighted by Crippen LogP contribution is -2.07. The highest BCUT2D eigenvalue weighted by Gasteiger charge is 2.19. The second-order valence-corrected chi connectivity index (χ2v) is 9.35. The highest BCUT2D eigenvalue weighted by atomic mass is 16.6. The second kappa shape index (κ2) is 19.1. The number of carbonyl (C=O) groups excluding carboxylic acids is 1. The summed E-state index contributed by atoms with van der Waals surface area (Å²) in [4.78, 5) is 12.0. The largest absolute Gasteiger partial charge is 0.502 e. The molecule has 186 valence electrons. The molecule has 1 rings (SSSR count). The van der Waals surface area contributed by atoms with Gasteiger partial charge in [-0.3, -0.25) is 4.79 Å². The van der Waals surface area contributed by atoms with E-state index in [1.807, 2.05) is 6.92 Å². The van der Waals surface area contributed by atoms with Crippen molar-refractivity contribution >= 4 is 5.97 Å². The summed E-state index contributed by atoms with van der Waals surface area (Å²) in [6.07, 6.45) is 24.9. The smallest absolute Gasteiger partial charge is 0.311 e.